The number of piperidine rings is 1. The van der Waals surface area contributed by atoms with Crippen LogP contribution in [0.25, 0.3) is 5.78 Å². The molecule has 8 nitrogen and oxygen atoms in total. The number of likely N-dealkylation sites (tertiary alicyclic amines) is 1. The van der Waals surface area contributed by atoms with E-state index in [-0.39, 0.29) is 17.5 Å². The van der Waals surface area contributed by atoms with Crippen molar-refractivity contribution in [3.8, 4) is 0 Å². The molecule has 1 aliphatic rings. The number of aromatic amines is 1. The number of nitrogens with zero attached hydrogens (tertiary/aromatic N) is 5. The van der Waals surface area contributed by atoms with Crippen LogP contribution in [0.4, 0.5) is 0 Å². The maximum atomic E-state index is 12.9. The van der Waals surface area contributed by atoms with Gasteiger partial charge in [0.1, 0.15) is 0 Å². The van der Waals surface area contributed by atoms with Crippen molar-refractivity contribution in [2.24, 2.45) is 7.05 Å². The highest BCUT2D eigenvalue weighted by Crippen LogP contribution is 2.30. The number of carbonyl (C=O) groups is 1. The molecule has 24 heavy (non-hydrogen) atoms. The van der Waals surface area contributed by atoms with Crippen LogP contribution >= 0.6 is 0 Å². The van der Waals surface area contributed by atoms with Gasteiger partial charge in [-0.25, -0.2) is 4.98 Å². The first-order valence-electron chi connectivity index (χ1n) is 7.99. The van der Waals surface area contributed by atoms with Gasteiger partial charge in [0.25, 0.3) is 11.5 Å². The average molecular weight is 326 g/mol. The quantitative estimate of drug-likeness (QED) is 0.764. The van der Waals surface area contributed by atoms with E-state index in [0.29, 0.717) is 17.9 Å². The standard InChI is InChI=1S/C16H18N6O2/c1-20-10-11(9-18-20)15(24)21-6-3-2-4-13(21)12-8-14(23)22-7-5-17-16(22)19-12/h5,7-10,13H,2-4,6H2,1H3,(H,17,19). The second kappa shape index (κ2) is 5.63. The minimum atomic E-state index is -0.152. The lowest BCUT2D eigenvalue weighted by atomic mass is 9.98. The third-order valence-electron chi connectivity index (χ3n) is 4.49. The zero-order chi connectivity index (χ0) is 16.7. The third-order valence-corrected chi connectivity index (χ3v) is 4.49. The minimum absolute atomic E-state index is 0.0585. The van der Waals surface area contributed by atoms with E-state index in [2.05, 4.69) is 15.1 Å². The lowest BCUT2D eigenvalue weighted by Crippen LogP contribution is -2.39. The normalized spacial score (nSPS) is 18.2. The van der Waals surface area contributed by atoms with E-state index in [1.54, 1.807) is 42.6 Å². The Morgan fingerprint density at radius 1 is 1.38 bits per heavy atom. The molecule has 3 aromatic rings. The first-order valence-corrected chi connectivity index (χ1v) is 7.99. The molecule has 1 unspecified atom stereocenters. The Balaban J connectivity index is 1.73. The van der Waals surface area contributed by atoms with E-state index in [1.807, 2.05) is 4.90 Å². The summed E-state index contributed by atoms with van der Waals surface area (Å²) in [6, 6.07) is 1.41. The Labute approximate surface area is 137 Å². The Kier molecular flexibility index (Phi) is 3.44. The number of aromatic nitrogens is 5. The van der Waals surface area contributed by atoms with Gasteiger partial charge >= 0.3 is 0 Å². The van der Waals surface area contributed by atoms with Crippen molar-refractivity contribution in [1.82, 2.24) is 29.0 Å². The maximum absolute atomic E-state index is 12.9. The maximum Gasteiger partial charge on any atom is 0.259 e. The number of aryl methyl sites for hydroxylation is 1. The van der Waals surface area contributed by atoms with Crippen LogP contribution in [0.2, 0.25) is 0 Å². The molecule has 1 saturated heterocycles. The fraction of sp³-hybridized carbons (Fsp3) is 0.375. The number of amides is 1. The molecule has 0 saturated carbocycles. The molecule has 0 aromatic carbocycles. The summed E-state index contributed by atoms with van der Waals surface area (Å²) >= 11 is 0. The second-order valence-electron chi connectivity index (χ2n) is 6.10. The number of fused-ring (bicyclic) bond motifs is 1. The number of carbonyl (C=O) groups excluding carboxylic acids is 1. The van der Waals surface area contributed by atoms with Gasteiger partial charge < -0.3 is 9.88 Å². The lowest BCUT2D eigenvalue weighted by molar-refractivity contribution is 0.0606. The van der Waals surface area contributed by atoms with Crippen LogP contribution in [-0.4, -0.2) is 41.5 Å². The molecule has 8 heteroatoms. The van der Waals surface area contributed by atoms with Gasteiger partial charge in [-0.2, -0.15) is 5.10 Å². The summed E-state index contributed by atoms with van der Waals surface area (Å²) < 4.78 is 3.07. The first-order chi connectivity index (χ1) is 11.6. The van der Waals surface area contributed by atoms with Crippen molar-refractivity contribution in [3.63, 3.8) is 0 Å². The molecular formula is C16H18N6O2. The lowest BCUT2D eigenvalue weighted by Gasteiger charge is -2.35. The monoisotopic (exact) mass is 326 g/mol. The average Bonchev–Trinajstić information content (AvgIpc) is 3.23. The Morgan fingerprint density at radius 2 is 2.25 bits per heavy atom. The van der Waals surface area contributed by atoms with E-state index < -0.39 is 0 Å². The minimum Gasteiger partial charge on any atom is -0.330 e. The number of H-pyrrole nitrogens is 1. The Morgan fingerprint density at radius 3 is 3.04 bits per heavy atom. The topological polar surface area (TPSA) is 88.3 Å². The van der Waals surface area contributed by atoms with Gasteiger partial charge in [0.2, 0.25) is 5.78 Å². The summed E-state index contributed by atoms with van der Waals surface area (Å²) in [7, 11) is 1.79. The SMILES string of the molecule is Cn1cc(C(=O)N2CCCCC2c2cc(=O)n3ccnc3[nH]2)cn1. The molecular weight excluding hydrogens is 308 g/mol. The summed E-state index contributed by atoms with van der Waals surface area (Å²) in [5, 5.41) is 4.08. The highest BCUT2D eigenvalue weighted by molar-refractivity contribution is 5.94. The van der Waals surface area contributed by atoms with Crippen LogP contribution in [0.3, 0.4) is 0 Å². The van der Waals surface area contributed by atoms with Crippen molar-refractivity contribution in [3.05, 3.63) is 52.5 Å². The Hall–Kier alpha value is -2.90. The third kappa shape index (κ3) is 2.40. The van der Waals surface area contributed by atoms with Gasteiger partial charge in [0, 0.05) is 43.9 Å². The molecule has 0 radical (unpaired) electrons. The molecule has 124 valence electrons. The van der Waals surface area contributed by atoms with Crippen LogP contribution in [0.15, 0.2) is 35.6 Å². The zero-order valence-electron chi connectivity index (χ0n) is 13.3. The molecule has 1 atom stereocenters. The zero-order valence-corrected chi connectivity index (χ0v) is 13.3. The molecule has 0 spiro atoms. The summed E-state index contributed by atoms with van der Waals surface area (Å²) in [4.78, 5) is 34.3. The molecule has 4 heterocycles. The summed E-state index contributed by atoms with van der Waals surface area (Å²) in [5.41, 5.74) is 1.15. The smallest absolute Gasteiger partial charge is 0.259 e. The van der Waals surface area contributed by atoms with Gasteiger partial charge in [-0.15, -0.1) is 0 Å². The van der Waals surface area contributed by atoms with Crippen LogP contribution in [-0.2, 0) is 7.05 Å². The van der Waals surface area contributed by atoms with Crippen molar-refractivity contribution >= 4 is 11.7 Å². The number of imidazole rings is 1. The van der Waals surface area contributed by atoms with Crippen LogP contribution < -0.4 is 5.56 Å². The summed E-state index contributed by atoms with van der Waals surface area (Å²) in [6.07, 6.45) is 9.29. The molecule has 0 bridgehead atoms. The number of hydrogen-bond acceptors (Lipinski definition) is 4. The van der Waals surface area contributed by atoms with Gasteiger partial charge in [0.15, 0.2) is 0 Å². The molecule has 4 rings (SSSR count). The Bertz CT molecular complexity index is 953. The van der Waals surface area contributed by atoms with Gasteiger partial charge in [-0.05, 0) is 19.3 Å². The largest absolute Gasteiger partial charge is 0.330 e. The van der Waals surface area contributed by atoms with E-state index in [1.165, 1.54) is 4.40 Å². The molecule has 1 fully saturated rings. The number of hydrogen-bond donors (Lipinski definition) is 1. The van der Waals surface area contributed by atoms with E-state index in [0.717, 1.165) is 25.0 Å². The predicted octanol–water partition coefficient (Wildman–Crippen LogP) is 1.12. The van der Waals surface area contributed by atoms with E-state index in [4.69, 9.17) is 0 Å². The van der Waals surface area contributed by atoms with Crippen LogP contribution in [0.5, 0.6) is 0 Å². The highest BCUT2D eigenvalue weighted by Gasteiger charge is 2.30. The van der Waals surface area contributed by atoms with Gasteiger partial charge in [0.05, 0.1) is 17.8 Å². The molecule has 3 aromatic heterocycles. The van der Waals surface area contributed by atoms with Crippen molar-refractivity contribution in [1.29, 1.82) is 0 Å². The summed E-state index contributed by atoms with van der Waals surface area (Å²) in [6.45, 7) is 0.667. The van der Waals surface area contributed by atoms with Gasteiger partial charge in [-0.1, -0.05) is 0 Å². The molecule has 0 aliphatic carbocycles. The molecule has 1 N–H and O–H groups in total. The predicted molar refractivity (Wildman–Crippen MR) is 86.6 cm³/mol. The van der Waals surface area contributed by atoms with Crippen molar-refractivity contribution in [2.75, 3.05) is 6.54 Å². The van der Waals surface area contributed by atoms with E-state index >= 15 is 0 Å². The van der Waals surface area contributed by atoms with Gasteiger partial charge in [-0.3, -0.25) is 18.7 Å². The number of rotatable bonds is 2. The van der Waals surface area contributed by atoms with Crippen LogP contribution in [0.1, 0.15) is 41.4 Å². The molecule has 1 amide bonds. The molecule has 1 aliphatic heterocycles. The second-order valence-corrected chi connectivity index (χ2v) is 6.10. The number of nitrogens with one attached hydrogen (secondary N) is 1. The fourth-order valence-corrected chi connectivity index (χ4v) is 3.32. The summed E-state index contributed by atoms with van der Waals surface area (Å²) in [5.74, 6) is 0.439. The van der Waals surface area contributed by atoms with Crippen molar-refractivity contribution < 1.29 is 4.79 Å². The first kappa shape index (κ1) is 14.7. The highest BCUT2D eigenvalue weighted by atomic mass is 16.2. The fourth-order valence-electron chi connectivity index (χ4n) is 3.32. The van der Waals surface area contributed by atoms with E-state index in [9.17, 15) is 9.59 Å². The van der Waals surface area contributed by atoms with Crippen molar-refractivity contribution in [2.45, 2.75) is 25.3 Å². The van der Waals surface area contributed by atoms with Crippen LogP contribution in [0, 0.1) is 0 Å².